The van der Waals surface area contributed by atoms with Crippen molar-refractivity contribution in [3.8, 4) is 0 Å². The molecular weight excluding hydrogens is 324 g/mol. The third kappa shape index (κ3) is 4.94. The Hall–Kier alpha value is -2.62. The first-order chi connectivity index (χ1) is 12.2. The molecule has 0 spiro atoms. The van der Waals surface area contributed by atoms with Crippen molar-refractivity contribution in [1.82, 2.24) is 5.32 Å². The molecule has 4 nitrogen and oxygen atoms in total. The van der Waals surface area contributed by atoms with E-state index >= 15 is 0 Å². The topological polar surface area (TPSA) is 49.4 Å². The fourth-order valence-corrected chi connectivity index (χ4v) is 2.96. The van der Waals surface area contributed by atoms with Crippen molar-refractivity contribution in [1.29, 1.82) is 0 Å². The zero-order valence-corrected chi connectivity index (χ0v) is 16.3. The molecule has 138 valence electrons. The second-order valence-electron chi connectivity index (χ2n) is 7.56. The van der Waals surface area contributed by atoms with Crippen LogP contribution in [0.15, 0.2) is 48.5 Å². The molecule has 0 unspecified atom stereocenters. The average molecular weight is 352 g/mol. The van der Waals surface area contributed by atoms with Gasteiger partial charge in [0, 0.05) is 31.3 Å². The first-order valence-corrected chi connectivity index (χ1v) is 8.92. The highest BCUT2D eigenvalue weighted by Gasteiger charge is 2.22. The lowest BCUT2D eigenvalue weighted by Crippen LogP contribution is -2.38. The molecular formula is C22H28N2O2. The molecule has 26 heavy (non-hydrogen) atoms. The van der Waals surface area contributed by atoms with E-state index in [1.807, 2.05) is 43.3 Å². The standard InChI is InChI=1S/C22H28N2O2/c1-16-9-8-10-18(15-16)21(26)23-13-14-24(17(2)25)20-12-7-6-11-19(20)22(3,4)5/h6-12,15H,13-14H2,1-5H3,(H,23,26). The van der Waals surface area contributed by atoms with Crippen LogP contribution in [-0.2, 0) is 10.2 Å². The van der Waals surface area contributed by atoms with Crippen molar-refractivity contribution in [3.63, 3.8) is 0 Å². The Kier molecular flexibility index (Phi) is 6.19. The molecule has 2 amide bonds. The van der Waals surface area contributed by atoms with Crippen molar-refractivity contribution in [2.24, 2.45) is 0 Å². The summed E-state index contributed by atoms with van der Waals surface area (Å²) < 4.78 is 0. The van der Waals surface area contributed by atoms with E-state index in [0.29, 0.717) is 18.7 Å². The van der Waals surface area contributed by atoms with E-state index in [4.69, 9.17) is 0 Å². The Morgan fingerprint density at radius 3 is 2.35 bits per heavy atom. The lowest BCUT2D eigenvalue weighted by Gasteiger charge is -2.29. The SMILES string of the molecule is CC(=O)N(CCNC(=O)c1cccc(C)c1)c1ccccc1C(C)(C)C. The first kappa shape index (κ1) is 19.7. The molecule has 0 aliphatic rings. The van der Waals surface area contributed by atoms with Gasteiger partial charge >= 0.3 is 0 Å². The number of nitrogens with one attached hydrogen (secondary N) is 1. The van der Waals surface area contributed by atoms with Gasteiger partial charge in [0.1, 0.15) is 0 Å². The zero-order valence-electron chi connectivity index (χ0n) is 16.3. The monoisotopic (exact) mass is 352 g/mol. The van der Waals surface area contributed by atoms with Crippen molar-refractivity contribution in [2.45, 2.75) is 40.0 Å². The first-order valence-electron chi connectivity index (χ1n) is 8.92. The third-order valence-electron chi connectivity index (χ3n) is 4.28. The fourth-order valence-electron chi connectivity index (χ4n) is 2.96. The van der Waals surface area contributed by atoms with Crippen LogP contribution in [0.1, 0.15) is 49.2 Å². The van der Waals surface area contributed by atoms with Crippen molar-refractivity contribution < 1.29 is 9.59 Å². The Balaban J connectivity index is 2.11. The second-order valence-corrected chi connectivity index (χ2v) is 7.56. The van der Waals surface area contributed by atoms with Crippen LogP contribution in [0.3, 0.4) is 0 Å². The van der Waals surface area contributed by atoms with E-state index in [2.05, 4.69) is 32.2 Å². The summed E-state index contributed by atoms with van der Waals surface area (Å²) in [5.74, 6) is -0.159. The fraction of sp³-hybridized carbons (Fsp3) is 0.364. The number of hydrogen-bond acceptors (Lipinski definition) is 2. The molecule has 0 heterocycles. The highest BCUT2D eigenvalue weighted by Crippen LogP contribution is 2.31. The van der Waals surface area contributed by atoms with Crippen LogP contribution in [0.5, 0.6) is 0 Å². The van der Waals surface area contributed by atoms with Gasteiger partial charge in [-0.1, -0.05) is 56.7 Å². The van der Waals surface area contributed by atoms with Gasteiger partial charge in [0.05, 0.1) is 0 Å². The quantitative estimate of drug-likeness (QED) is 0.882. The number of para-hydroxylation sites is 1. The number of aryl methyl sites for hydroxylation is 1. The smallest absolute Gasteiger partial charge is 0.251 e. The summed E-state index contributed by atoms with van der Waals surface area (Å²) in [6, 6.07) is 15.4. The van der Waals surface area contributed by atoms with Crippen LogP contribution in [-0.4, -0.2) is 24.9 Å². The summed E-state index contributed by atoms with van der Waals surface area (Å²) in [5, 5.41) is 2.91. The lowest BCUT2D eigenvalue weighted by molar-refractivity contribution is -0.116. The largest absolute Gasteiger partial charge is 0.350 e. The van der Waals surface area contributed by atoms with Gasteiger partial charge in [0.2, 0.25) is 5.91 Å². The predicted molar refractivity (Wildman–Crippen MR) is 107 cm³/mol. The summed E-state index contributed by atoms with van der Waals surface area (Å²) in [6.07, 6.45) is 0. The number of carbonyl (C=O) groups is 2. The minimum atomic E-state index is -0.124. The number of rotatable bonds is 5. The van der Waals surface area contributed by atoms with Gasteiger partial charge in [-0.3, -0.25) is 9.59 Å². The number of carbonyl (C=O) groups excluding carboxylic acids is 2. The molecule has 0 saturated carbocycles. The van der Waals surface area contributed by atoms with E-state index in [-0.39, 0.29) is 17.2 Å². The Morgan fingerprint density at radius 2 is 1.73 bits per heavy atom. The molecule has 0 bridgehead atoms. The molecule has 0 aliphatic carbocycles. The number of amides is 2. The van der Waals surface area contributed by atoms with Gasteiger partial charge in [-0.25, -0.2) is 0 Å². The van der Waals surface area contributed by atoms with Crippen LogP contribution in [0.25, 0.3) is 0 Å². The predicted octanol–water partition coefficient (Wildman–Crippen LogP) is 4.08. The molecule has 0 aliphatic heterocycles. The maximum atomic E-state index is 12.3. The highest BCUT2D eigenvalue weighted by atomic mass is 16.2. The Labute approximate surface area is 156 Å². The number of nitrogens with zero attached hydrogens (tertiary/aromatic N) is 1. The molecule has 0 fully saturated rings. The van der Waals surface area contributed by atoms with Gasteiger partial charge in [-0.15, -0.1) is 0 Å². The molecule has 2 rings (SSSR count). The van der Waals surface area contributed by atoms with Gasteiger partial charge < -0.3 is 10.2 Å². The summed E-state index contributed by atoms with van der Waals surface area (Å²) in [7, 11) is 0. The van der Waals surface area contributed by atoms with Crippen LogP contribution < -0.4 is 10.2 Å². The summed E-state index contributed by atoms with van der Waals surface area (Å²) in [6.45, 7) is 10.7. The summed E-state index contributed by atoms with van der Waals surface area (Å²) in [4.78, 5) is 26.3. The normalized spacial score (nSPS) is 11.1. The van der Waals surface area contributed by atoms with E-state index in [1.165, 1.54) is 0 Å². The minimum absolute atomic E-state index is 0.0356. The van der Waals surface area contributed by atoms with Gasteiger partial charge in [-0.05, 0) is 36.1 Å². The molecule has 1 N–H and O–H groups in total. The summed E-state index contributed by atoms with van der Waals surface area (Å²) >= 11 is 0. The van der Waals surface area contributed by atoms with Gasteiger partial charge in [0.25, 0.3) is 5.91 Å². The third-order valence-corrected chi connectivity index (χ3v) is 4.28. The Morgan fingerprint density at radius 1 is 1.04 bits per heavy atom. The minimum Gasteiger partial charge on any atom is -0.350 e. The van der Waals surface area contributed by atoms with Crippen LogP contribution in [0.2, 0.25) is 0 Å². The van der Waals surface area contributed by atoms with Gasteiger partial charge in [0.15, 0.2) is 0 Å². The summed E-state index contributed by atoms with van der Waals surface area (Å²) in [5.41, 5.74) is 3.61. The maximum Gasteiger partial charge on any atom is 0.251 e. The van der Waals surface area contributed by atoms with E-state index in [1.54, 1.807) is 17.9 Å². The molecule has 4 heteroatoms. The van der Waals surface area contributed by atoms with E-state index in [0.717, 1.165) is 16.8 Å². The Bertz CT molecular complexity index is 791. The molecule has 0 saturated heterocycles. The van der Waals surface area contributed by atoms with Crippen LogP contribution in [0.4, 0.5) is 5.69 Å². The number of anilines is 1. The molecule has 2 aromatic rings. The lowest BCUT2D eigenvalue weighted by atomic mass is 9.85. The van der Waals surface area contributed by atoms with Crippen molar-refractivity contribution >= 4 is 17.5 Å². The molecule has 2 aromatic carbocycles. The maximum absolute atomic E-state index is 12.3. The van der Waals surface area contributed by atoms with Gasteiger partial charge in [-0.2, -0.15) is 0 Å². The highest BCUT2D eigenvalue weighted by molar-refractivity contribution is 5.95. The van der Waals surface area contributed by atoms with Crippen molar-refractivity contribution in [2.75, 3.05) is 18.0 Å². The molecule has 0 radical (unpaired) electrons. The molecule has 0 aromatic heterocycles. The van der Waals surface area contributed by atoms with Crippen LogP contribution in [0, 0.1) is 6.92 Å². The molecule has 0 atom stereocenters. The van der Waals surface area contributed by atoms with E-state index in [9.17, 15) is 9.59 Å². The van der Waals surface area contributed by atoms with Crippen molar-refractivity contribution in [3.05, 3.63) is 65.2 Å². The number of benzene rings is 2. The zero-order chi connectivity index (χ0) is 19.3. The second kappa shape index (κ2) is 8.17. The van der Waals surface area contributed by atoms with Crippen LogP contribution >= 0.6 is 0 Å². The van der Waals surface area contributed by atoms with E-state index < -0.39 is 0 Å². The average Bonchev–Trinajstić information content (AvgIpc) is 2.57. The number of hydrogen-bond donors (Lipinski definition) is 1.